The van der Waals surface area contributed by atoms with E-state index in [9.17, 15) is 19.2 Å². The molecular formula is C30H35BrN4O10. The van der Waals surface area contributed by atoms with Crippen molar-refractivity contribution < 1.29 is 47.6 Å². The first-order chi connectivity index (χ1) is 21.6. The van der Waals surface area contributed by atoms with E-state index >= 15 is 0 Å². The van der Waals surface area contributed by atoms with Crippen molar-refractivity contribution in [3.63, 3.8) is 0 Å². The highest BCUT2D eigenvalue weighted by molar-refractivity contribution is 9.10. The Labute approximate surface area is 268 Å². The van der Waals surface area contributed by atoms with Gasteiger partial charge < -0.3 is 39.1 Å². The predicted octanol–water partition coefficient (Wildman–Crippen LogP) is 3.52. The van der Waals surface area contributed by atoms with Gasteiger partial charge in [0, 0.05) is 5.70 Å². The number of halogens is 1. The largest absolute Gasteiger partial charge is 0.493 e. The van der Waals surface area contributed by atoms with E-state index in [1.807, 2.05) is 0 Å². The molecule has 0 spiro atoms. The van der Waals surface area contributed by atoms with Crippen LogP contribution in [0.2, 0.25) is 0 Å². The van der Waals surface area contributed by atoms with Gasteiger partial charge in [-0.3, -0.25) is 4.79 Å². The first-order valence-electron chi connectivity index (χ1n) is 13.9. The van der Waals surface area contributed by atoms with E-state index in [-0.39, 0.29) is 36.9 Å². The van der Waals surface area contributed by atoms with Gasteiger partial charge in [-0.25, -0.2) is 19.8 Å². The van der Waals surface area contributed by atoms with Gasteiger partial charge in [0.05, 0.1) is 49.2 Å². The minimum atomic E-state index is -0.792. The summed E-state index contributed by atoms with van der Waals surface area (Å²) in [5, 5.41) is 9.28. The van der Waals surface area contributed by atoms with Crippen molar-refractivity contribution in [3.05, 3.63) is 57.2 Å². The third kappa shape index (κ3) is 9.60. The lowest BCUT2D eigenvalue weighted by molar-refractivity contribution is -0.145. The molecular weight excluding hydrogens is 656 g/mol. The van der Waals surface area contributed by atoms with Crippen LogP contribution in [0.25, 0.3) is 0 Å². The van der Waals surface area contributed by atoms with E-state index in [4.69, 9.17) is 28.4 Å². The number of amides is 3. The minimum absolute atomic E-state index is 0.171. The van der Waals surface area contributed by atoms with Crippen molar-refractivity contribution >= 4 is 46.0 Å². The number of allylic oxidation sites excluding steroid dienone is 1. The zero-order chi connectivity index (χ0) is 32.9. The number of esters is 2. The van der Waals surface area contributed by atoms with E-state index in [1.165, 1.54) is 13.3 Å². The molecule has 0 unspecified atom stereocenters. The molecule has 15 heteroatoms. The van der Waals surface area contributed by atoms with Gasteiger partial charge in [-0.2, -0.15) is 5.10 Å². The number of benzene rings is 2. The summed E-state index contributed by atoms with van der Waals surface area (Å²) in [6, 6.07) is 6.86. The number of carbonyl (C=O) groups is 4. The van der Waals surface area contributed by atoms with Gasteiger partial charge in [-0.1, -0.05) is 6.07 Å². The maximum absolute atomic E-state index is 12.6. The summed E-state index contributed by atoms with van der Waals surface area (Å²) in [6.07, 6.45) is 1.40. The molecule has 0 fully saturated rings. The van der Waals surface area contributed by atoms with E-state index in [1.54, 1.807) is 58.0 Å². The number of ether oxygens (including phenoxy) is 6. The van der Waals surface area contributed by atoms with Crippen LogP contribution in [0, 0.1) is 0 Å². The van der Waals surface area contributed by atoms with Crippen LogP contribution in [0.5, 0.6) is 23.0 Å². The SMILES string of the molecule is CCOC(=O)COc1c(Br)cc(/C=N\NC(=O)COc2ccc([C@@H]3NC(=O)NC(C)=C3C(=O)OCC)cc2OC)cc1OCC. The lowest BCUT2D eigenvalue weighted by atomic mass is 9.95. The molecule has 3 N–H and O–H groups in total. The van der Waals surface area contributed by atoms with Gasteiger partial charge in [0.25, 0.3) is 5.91 Å². The molecule has 1 aliphatic heterocycles. The lowest BCUT2D eigenvalue weighted by Crippen LogP contribution is -2.45. The first kappa shape index (κ1) is 34.7. The molecule has 2 aromatic rings. The molecule has 3 rings (SSSR count). The standard InChI is InChI=1S/C30H35BrN4O10/c1-6-41-23-12-18(11-20(31)28(23)45-16-25(37)42-7-2)14-32-35-24(36)15-44-21-10-9-19(13-22(21)40-5)27-26(29(38)43-8-3)17(4)33-30(39)34-27/h9-14,27H,6-8,15-16H2,1-5H3,(H,35,36)(H2,33,34,39)/b32-14-/t27-/m0/s1. The summed E-state index contributed by atoms with van der Waals surface area (Å²) in [7, 11) is 1.42. The van der Waals surface area contributed by atoms with Gasteiger partial charge in [0.1, 0.15) is 0 Å². The molecule has 3 amide bonds. The minimum Gasteiger partial charge on any atom is -0.493 e. The summed E-state index contributed by atoms with van der Waals surface area (Å²) < 4.78 is 32.9. The summed E-state index contributed by atoms with van der Waals surface area (Å²) in [5.74, 6) is -0.411. The molecule has 14 nitrogen and oxygen atoms in total. The van der Waals surface area contributed by atoms with Gasteiger partial charge in [0.15, 0.2) is 36.2 Å². The Kier molecular flexibility index (Phi) is 13.0. The molecule has 1 heterocycles. The van der Waals surface area contributed by atoms with Gasteiger partial charge >= 0.3 is 18.0 Å². The van der Waals surface area contributed by atoms with E-state index in [0.717, 1.165) is 0 Å². The zero-order valence-electron chi connectivity index (χ0n) is 25.5. The van der Waals surface area contributed by atoms with Crippen LogP contribution in [-0.2, 0) is 23.9 Å². The Morgan fingerprint density at radius 1 is 0.956 bits per heavy atom. The number of methoxy groups -OCH3 is 1. The predicted molar refractivity (Wildman–Crippen MR) is 165 cm³/mol. The number of nitrogens with zero attached hydrogens (tertiary/aromatic N) is 1. The second-order valence-electron chi connectivity index (χ2n) is 9.14. The molecule has 1 aliphatic rings. The molecule has 0 saturated heterocycles. The fraction of sp³-hybridized carbons (Fsp3) is 0.367. The Balaban J connectivity index is 1.66. The maximum Gasteiger partial charge on any atom is 0.344 e. The highest BCUT2D eigenvalue weighted by Crippen LogP contribution is 2.37. The Morgan fingerprint density at radius 2 is 1.71 bits per heavy atom. The average molecular weight is 692 g/mol. The lowest BCUT2D eigenvalue weighted by Gasteiger charge is -2.28. The van der Waals surface area contributed by atoms with Crippen molar-refractivity contribution in [2.45, 2.75) is 33.7 Å². The van der Waals surface area contributed by atoms with Crippen LogP contribution >= 0.6 is 15.9 Å². The molecule has 0 saturated carbocycles. The Hall–Kier alpha value is -4.79. The molecule has 242 valence electrons. The molecule has 0 aromatic heterocycles. The number of carbonyl (C=O) groups excluding carboxylic acids is 4. The van der Waals surface area contributed by atoms with Gasteiger partial charge in [0.2, 0.25) is 0 Å². The van der Waals surface area contributed by atoms with Crippen LogP contribution in [0.1, 0.15) is 44.9 Å². The number of nitrogens with one attached hydrogen (secondary N) is 3. The highest BCUT2D eigenvalue weighted by Gasteiger charge is 2.32. The number of rotatable bonds is 15. The van der Waals surface area contributed by atoms with Gasteiger partial charge in [-0.05, 0) is 79.0 Å². The first-order valence-corrected chi connectivity index (χ1v) is 14.7. The van der Waals surface area contributed by atoms with Crippen molar-refractivity contribution in [2.75, 3.05) is 40.1 Å². The van der Waals surface area contributed by atoms with Crippen molar-refractivity contribution in [2.24, 2.45) is 5.10 Å². The average Bonchev–Trinajstić information content (AvgIpc) is 2.99. The smallest absolute Gasteiger partial charge is 0.344 e. The molecule has 1 atom stereocenters. The highest BCUT2D eigenvalue weighted by atomic mass is 79.9. The number of urea groups is 1. The summed E-state index contributed by atoms with van der Waals surface area (Å²) >= 11 is 3.41. The maximum atomic E-state index is 12.6. The number of hydrogen-bond acceptors (Lipinski definition) is 11. The molecule has 0 aliphatic carbocycles. The second-order valence-corrected chi connectivity index (χ2v) is 9.99. The zero-order valence-corrected chi connectivity index (χ0v) is 27.1. The van der Waals surface area contributed by atoms with Crippen molar-refractivity contribution in [3.8, 4) is 23.0 Å². The van der Waals surface area contributed by atoms with Crippen LogP contribution in [-0.4, -0.2) is 70.2 Å². The van der Waals surface area contributed by atoms with Crippen LogP contribution < -0.4 is 35.0 Å². The van der Waals surface area contributed by atoms with Crippen LogP contribution in [0.3, 0.4) is 0 Å². The molecule has 45 heavy (non-hydrogen) atoms. The van der Waals surface area contributed by atoms with E-state index in [2.05, 4.69) is 37.1 Å². The second kappa shape index (κ2) is 16.9. The van der Waals surface area contributed by atoms with Crippen molar-refractivity contribution in [1.82, 2.24) is 16.1 Å². The van der Waals surface area contributed by atoms with E-state index < -0.39 is 36.5 Å². The Morgan fingerprint density at radius 3 is 2.40 bits per heavy atom. The third-order valence-corrected chi connectivity index (χ3v) is 6.61. The molecule has 2 aromatic carbocycles. The summed E-state index contributed by atoms with van der Waals surface area (Å²) in [6.45, 7) is 6.89. The summed E-state index contributed by atoms with van der Waals surface area (Å²) in [4.78, 5) is 48.9. The fourth-order valence-electron chi connectivity index (χ4n) is 4.16. The fourth-order valence-corrected chi connectivity index (χ4v) is 4.73. The molecule has 0 bridgehead atoms. The normalized spacial score (nSPS) is 14.3. The topological polar surface area (TPSA) is 172 Å². The number of hydrogen-bond donors (Lipinski definition) is 3. The number of hydrazone groups is 1. The molecule has 0 radical (unpaired) electrons. The van der Waals surface area contributed by atoms with Crippen LogP contribution in [0.15, 0.2) is 51.2 Å². The third-order valence-electron chi connectivity index (χ3n) is 6.02. The quantitative estimate of drug-likeness (QED) is 0.143. The van der Waals surface area contributed by atoms with Crippen molar-refractivity contribution in [1.29, 1.82) is 0 Å². The van der Waals surface area contributed by atoms with E-state index in [0.29, 0.717) is 39.4 Å². The van der Waals surface area contributed by atoms with Gasteiger partial charge in [-0.15, -0.1) is 0 Å². The Bertz CT molecular complexity index is 1480. The summed E-state index contributed by atoms with van der Waals surface area (Å²) in [5.41, 5.74) is 4.13. The monoisotopic (exact) mass is 690 g/mol. The van der Waals surface area contributed by atoms with Crippen LogP contribution in [0.4, 0.5) is 4.79 Å².